The maximum atomic E-state index is 11.8. The molecule has 0 atom stereocenters. The lowest BCUT2D eigenvalue weighted by atomic mass is 10.1. The number of carbonyl (C=O) groups is 2. The molecule has 1 heterocycles. The zero-order chi connectivity index (χ0) is 16.8. The van der Waals surface area contributed by atoms with Gasteiger partial charge >= 0.3 is 5.97 Å². The molecule has 126 valence electrons. The molecule has 6 nitrogen and oxygen atoms in total. The van der Waals surface area contributed by atoms with Gasteiger partial charge in [-0.3, -0.25) is 14.5 Å². The number of benzene rings is 1. The Morgan fingerprint density at radius 2 is 1.87 bits per heavy atom. The van der Waals surface area contributed by atoms with Gasteiger partial charge in [0.2, 0.25) is 5.91 Å². The largest absolute Gasteiger partial charge is 0.468 e. The van der Waals surface area contributed by atoms with E-state index < -0.39 is 5.97 Å². The van der Waals surface area contributed by atoms with Crippen LogP contribution in [0.1, 0.15) is 11.1 Å². The summed E-state index contributed by atoms with van der Waals surface area (Å²) in [7, 11) is 1.31. The summed E-state index contributed by atoms with van der Waals surface area (Å²) in [4.78, 5) is 27.3. The standard InChI is InChI=1S/C17H25N3O3/c1-13-5-4-6-15(14(13)2)20-9-7-19(8-10-20)12-16(21)18-11-17(22)23-3/h4-6H,7-12H2,1-3H3,(H,18,21). The van der Waals surface area contributed by atoms with Gasteiger partial charge in [-0.05, 0) is 31.0 Å². The van der Waals surface area contributed by atoms with Crippen molar-refractivity contribution in [3.8, 4) is 0 Å². The van der Waals surface area contributed by atoms with Crippen LogP contribution < -0.4 is 10.2 Å². The average molecular weight is 319 g/mol. The van der Waals surface area contributed by atoms with Crippen LogP contribution in [0.2, 0.25) is 0 Å². The van der Waals surface area contributed by atoms with Crippen molar-refractivity contribution >= 4 is 17.6 Å². The summed E-state index contributed by atoms with van der Waals surface area (Å²) < 4.78 is 4.50. The summed E-state index contributed by atoms with van der Waals surface area (Å²) in [6.07, 6.45) is 0. The fraction of sp³-hybridized carbons (Fsp3) is 0.529. The smallest absolute Gasteiger partial charge is 0.325 e. The molecule has 0 aliphatic carbocycles. The van der Waals surface area contributed by atoms with Gasteiger partial charge in [-0.25, -0.2) is 0 Å². The highest BCUT2D eigenvalue weighted by molar-refractivity contribution is 5.83. The molecule has 1 N–H and O–H groups in total. The van der Waals surface area contributed by atoms with E-state index in [4.69, 9.17) is 0 Å². The maximum absolute atomic E-state index is 11.8. The van der Waals surface area contributed by atoms with Gasteiger partial charge in [-0.1, -0.05) is 12.1 Å². The minimum atomic E-state index is -0.432. The van der Waals surface area contributed by atoms with E-state index in [2.05, 4.69) is 51.9 Å². The first kappa shape index (κ1) is 17.3. The highest BCUT2D eigenvalue weighted by Gasteiger charge is 2.20. The minimum Gasteiger partial charge on any atom is -0.468 e. The molecule has 0 bridgehead atoms. The molecule has 1 saturated heterocycles. The summed E-state index contributed by atoms with van der Waals surface area (Å²) in [6, 6.07) is 6.37. The molecule has 1 fully saturated rings. The van der Waals surface area contributed by atoms with Crippen molar-refractivity contribution in [2.24, 2.45) is 0 Å². The Bertz CT molecular complexity index is 566. The number of piperazine rings is 1. The summed E-state index contributed by atoms with van der Waals surface area (Å²) >= 11 is 0. The lowest BCUT2D eigenvalue weighted by Gasteiger charge is -2.36. The summed E-state index contributed by atoms with van der Waals surface area (Å²) in [5, 5.41) is 2.57. The number of nitrogens with zero attached hydrogens (tertiary/aromatic N) is 2. The van der Waals surface area contributed by atoms with E-state index in [-0.39, 0.29) is 12.5 Å². The number of hydrogen-bond acceptors (Lipinski definition) is 5. The molecule has 1 aliphatic heterocycles. The van der Waals surface area contributed by atoms with Gasteiger partial charge in [0.05, 0.1) is 13.7 Å². The van der Waals surface area contributed by atoms with E-state index in [1.165, 1.54) is 23.9 Å². The Morgan fingerprint density at radius 3 is 2.52 bits per heavy atom. The first-order chi connectivity index (χ1) is 11.0. The first-order valence-corrected chi connectivity index (χ1v) is 7.88. The van der Waals surface area contributed by atoms with Crippen LogP contribution >= 0.6 is 0 Å². The molecule has 1 aromatic rings. The second kappa shape index (κ2) is 7.97. The highest BCUT2D eigenvalue weighted by atomic mass is 16.5. The lowest BCUT2D eigenvalue weighted by molar-refractivity contribution is -0.141. The third-order valence-electron chi connectivity index (χ3n) is 4.31. The molecule has 0 aromatic heterocycles. The Hall–Kier alpha value is -2.08. The minimum absolute atomic E-state index is 0.0716. The average Bonchev–Trinajstić information content (AvgIpc) is 2.56. The maximum Gasteiger partial charge on any atom is 0.325 e. The van der Waals surface area contributed by atoms with Gasteiger partial charge in [-0.15, -0.1) is 0 Å². The Labute approximate surface area is 137 Å². The van der Waals surface area contributed by atoms with Crippen LogP contribution in [0, 0.1) is 13.8 Å². The van der Waals surface area contributed by atoms with E-state index in [1.54, 1.807) is 0 Å². The number of carbonyl (C=O) groups excluding carboxylic acids is 2. The van der Waals surface area contributed by atoms with Crippen molar-refractivity contribution in [2.75, 3.05) is 51.3 Å². The number of nitrogens with one attached hydrogen (secondary N) is 1. The zero-order valence-electron chi connectivity index (χ0n) is 14.1. The molecule has 0 saturated carbocycles. The third-order valence-corrected chi connectivity index (χ3v) is 4.31. The van der Waals surface area contributed by atoms with Gasteiger partial charge in [0.1, 0.15) is 6.54 Å². The molecule has 0 unspecified atom stereocenters. The molecule has 2 rings (SSSR count). The number of esters is 1. The van der Waals surface area contributed by atoms with E-state index in [1.807, 2.05) is 0 Å². The Morgan fingerprint density at radius 1 is 1.17 bits per heavy atom. The van der Waals surface area contributed by atoms with Gasteiger partial charge in [0, 0.05) is 31.9 Å². The van der Waals surface area contributed by atoms with Crippen molar-refractivity contribution in [2.45, 2.75) is 13.8 Å². The van der Waals surface area contributed by atoms with E-state index in [9.17, 15) is 9.59 Å². The topological polar surface area (TPSA) is 61.9 Å². The van der Waals surface area contributed by atoms with Crippen molar-refractivity contribution in [1.29, 1.82) is 0 Å². The van der Waals surface area contributed by atoms with E-state index in [0.717, 1.165) is 26.2 Å². The summed E-state index contributed by atoms with van der Waals surface area (Å²) in [5.74, 6) is -0.575. The van der Waals surface area contributed by atoms with Gasteiger partial charge < -0.3 is 15.0 Å². The van der Waals surface area contributed by atoms with Crippen LogP contribution in [0.25, 0.3) is 0 Å². The number of ether oxygens (including phenoxy) is 1. The third kappa shape index (κ3) is 4.69. The molecule has 0 spiro atoms. The monoisotopic (exact) mass is 319 g/mol. The number of hydrogen-bond donors (Lipinski definition) is 1. The van der Waals surface area contributed by atoms with E-state index in [0.29, 0.717) is 6.54 Å². The van der Waals surface area contributed by atoms with Crippen LogP contribution in [0.15, 0.2) is 18.2 Å². The molecule has 0 radical (unpaired) electrons. The van der Waals surface area contributed by atoms with Crippen molar-refractivity contribution in [1.82, 2.24) is 10.2 Å². The van der Waals surface area contributed by atoms with E-state index >= 15 is 0 Å². The number of rotatable bonds is 5. The molecular formula is C17H25N3O3. The van der Waals surface area contributed by atoms with Crippen molar-refractivity contribution < 1.29 is 14.3 Å². The zero-order valence-corrected chi connectivity index (χ0v) is 14.1. The molecule has 1 amide bonds. The highest BCUT2D eigenvalue weighted by Crippen LogP contribution is 2.23. The van der Waals surface area contributed by atoms with Gasteiger partial charge in [-0.2, -0.15) is 0 Å². The molecular weight excluding hydrogens is 294 g/mol. The Balaban J connectivity index is 1.81. The molecule has 1 aliphatic rings. The molecule has 1 aromatic carbocycles. The van der Waals surface area contributed by atoms with Crippen LogP contribution in [0.3, 0.4) is 0 Å². The number of aryl methyl sites for hydroxylation is 1. The second-order valence-corrected chi connectivity index (χ2v) is 5.84. The van der Waals surface area contributed by atoms with Crippen molar-refractivity contribution in [3.63, 3.8) is 0 Å². The fourth-order valence-electron chi connectivity index (χ4n) is 2.73. The van der Waals surface area contributed by atoms with Gasteiger partial charge in [0.25, 0.3) is 0 Å². The lowest BCUT2D eigenvalue weighted by Crippen LogP contribution is -2.50. The molecule has 6 heteroatoms. The number of anilines is 1. The quantitative estimate of drug-likeness (QED) is 0.810. The summed E-state index contributed by atoms with van der Waals surface area (Å²) in [5.41, 5.74) is 3.89. The first-order valence-electron chi connectivity index (χ1n) is 7.88. The van der Waals surface area contributed by atoms with Gasteiger partial charge in [0.15, 0.2) is 0 Å². The van der Waals surface area contributed by atoms with Crippen molar-refractivity contribution in [3.05, 3.63) is 29.3 Å². The van der Waals surface area contributed by atoms with Crippen LogP contribution in [0.4, 0.5) is 5.69 Å². The van der Waals surface area contributed by atoms with Crippen LogP contribution in [-0.2, 0) is 14.3 Å². The predicted octanol–water partition coefficient (Wildman–Crippen LogP) is 0.715. The number of methoxy groups -OCH3 is 1. The SMILES string of the molecule is COC(=O)CNC(=O)CN1CCN(c2cccc(C)c2C)CC1. The molecule has 23 heavy (non-hydrogen) atoms. The van der Waals surface area contributed by atoms with Crippen LogP contribution in [0.5, 0.6) is 0 Å². The fourth-order valence-corrected chi connectivity index (χ4v) is 2.73. The second-order valence-electron chi connectivity index (χ2n) is 5.84. The Kier molecular flexibility index (Phi) is 5.98. The predicted molar refractivity (Wildman–Crippen MR) is 89.6 cm³/mol. The number of amides is 1. The summed E-state index contributed by atoms with van der Waals surface area (Å²) in [6.45, 7) is 7.98. The normalized spacial score (nSPS) is 15.3. The van der Waals surface area contributed by atoms with Crippen LogP contribution in [-0.4, -0.2) is 63.2 Å².